The number of hydrogen-bond donors (Lipinski definition) is 1. The second-order valence-corrected chi connectivity index (χ2v) is 4.60. The van der Waals surface area contributed by atoms with Crippen molar-refractivity contribution in [3.05, 3.63) is 28.5 Å². The van der Waals surface area contributed by atoms with Gasteiger partial charge in [-0.25, -0.2) is 4.98 Å². The highest BCUT2D eigenvalue weighted by atomic mass is 79.9. The fraction of sp³-hybridized carbons (Fsp3) is 0.455. The molecule has 6 heteroatoms. The van der Waals surface area contributed by atoms with Gasteiger partial charge in [-0.1, -0.05) is 0 Å². The SMILES string of the molecule is O=C(c1ncccc1Br)N1CCOCC1CO. The molecule has 5 nitrogen and oxygen atoms in total. The molecule has 1 aliphatic rings. The minimum Gasteiger partial charge on any atom is -0.394 e. The van der Waals surface area contributed by atoms with Gasteiger partial charge in [0.15, 0.2) is 0 Å². The van der Waals surface area contributed by atoms with Gasteiger partial charge in [-0.05, 0) is 28.1 Å². The molecular formula is C11H13BrN2O3. The third-order valence-corrected chi connectivity index (χ3v) is 3.30. The van der Waals surface area contributed by atoms with Gasteiger partial charge < -0.3 is 14.7 Å². The van der Waals surface area contributed by atoms with E-state index in [9.17, 15) is 9.90 Å². The lowest BCUT2D eigenvalue weighted by atomic mass is 10.2. The molecule has 2 rings (SSSR count). The van der Waals surface area contributed by atoms with Crippen LogP contribution in [0.3, 0.4) is 0 Å². The monoisotopic (exact) mass is 300 g/mol. The lowest BCUT2D eigenvalue weighted by Gasteiger charge is -2.34. The van der Waals surface area contributed by atoms with E-state index in [1.165, 1.54) is 0 Å². The van der Waals surface area contributed by atoms with Crippen LogP contribution >= 0.6 is 15.9 Å². The molecule has 0 saturated carbocycles. The molecule has 0 spiro atoms. The van der Waals surface area contributed by atoms with E-state index in [1.54, 1.807) is 23.2 Å². The van der Waals surface area contributed by atoms with E-state index in [0.29, 0.717) is 29.9 Å². The number of aromatic nitrogens is 1. The second kappa shape index (κ2) is 5.57. The molecule has 1 aromatic heterocycles. The van der Waals surface area contributed by atoms with Crippen LogP contribution in [0.2, 0.25) is 0 Å². The quantitative estimate of drug-likeness (QED) is 0.872. The first-order valence-electron chi connectivity index (χ1n) is 5.34. The first kappa shape index (κ1) is 12.5. The highest BCUT2D eigenvalue weighted by molar-refractivity contribution is 9.10. The number of rotatable bonds is 2. The average molecular weight is 301 g/mol. The molecule has 92 valence electrons. The molecule has 17 heavy (non-hydrogen) atoms. The maximum absolute atomic E-state index is 12.3. The van der Waals surface area contributed by atoms with Gasteiger partial charge in [-0.3, -0.25) is 4.79 Å². The van der Waals surface area contributed by atoms with Gasteiger partial charge in [-0.2, -0.15) is 0 Å². The number of morpholine rings is 1. The van der Waals surface area contributed by atoms with E-state index < -0.39 is 0 Å². The molecule has 0 aliphatic carbocycles. The van der Waals surface area contributed by atoms with Crippen LogP contribution in [0.15, 0.2) is 22.8 Å². The number of aliphatic hydroxyl groups is 1. The summed E-state index contributed by atoms with van der Waals surface area (Å²) >= 11 is 3.30. The van der Waals surface area contributed by atoms with Gasteiger partial charge in [0.25, 0.3) is 5.91 Å². The van der Waals surface area contributed by atoms with Crippen molar-refractivity contribution < 1.29 is 14.6 Å². The van der Waals surface area contributed by atoms with Crippen molar-refractivity contribution in [2.75, 3.05) is 26.4 Å². The van der Waals surface area contributed by atoms with Crippen LogP contribution < -0.4 is 0 Å². The summed E-state index contributed by atoms with van der Waals surface area (Å²) in [5.41, 5.74) is 0.368. The largest absolute Gasteiger partial charge is 0.394 e. The number of pyridine rings is 1. The molecule has 1 N–H and O–H groups in total. The van der Waals surface area contributed by atoms with Gasteiger partial charge in [0.2, 0.25) is 0 Å². The minimum atomic E-state index is -0.287. The van der Waals surface area contributed by atoms with Crippen molar-refractivity contribution in [1.29, 1.82) is 0 Å². The number of hydrogen-bond acceptors (Lipinski definition) is 4. The summed E-state index contributed by atoms with van der Waals surface area (Å²) in [7, 11) is 0. The average Bonchev–Trinajstić information content (AvgIpc) is 2.38. The van der Waals surface area contributed by atoms with Crippen molar-refractivity contribution in [2.24, 2.45) is 0 Å². The molecule has 1 fully saturated rings. The number of halogens is 1. The van der Waals surface area contributed by atoms with E-state index in [4.69, 9.17) is 4.74 Å². The number of carbonyl (C=O) groups is 1. The molecule has 0 bridgehead atoms. The van der Waals surface area contributed by atoms with Crippen LogP contribution in [0.4, 0.5) is 0 Å². The molecule has 1 aliphatic heterocycles. The first-order valence-corrected chi connectivity index (χ1v) is 6.13. The van der Waals surface area contributed by atoms with Gasteiger partial charge in [0, 0.05) is 17.2 Å². The summed E-state index contributed by atoms with van der Waals surface area (Å²) in [5, 5.41) is 9.22. The van der Waals surface area contributed by atoms with E-state index in [1.807, 2.05) is 0 Å². The fourth-order valence-corrected chi connectivity index (χ4v) is 2.18. The number of carbonyl (C=O) groups excluding carboxylic acids is 1. The van der Waals surface area contributed by atoms with E-state index in [0.717, 1.165) is 0 Å². The van der Waals surface area contributed by atoms with Crippen molar-refractivity contribution in [3.63, 3.8) is 0 Å². The Hall–Kier alpha value is -0.980. The molecule has 1 aromatic rings. The lowest BCUT2D eigenvalue weighted by molar-refractivity contribution is -0.0187. The van der Waals surface area contributed by atoms with Gasteiger partial charge in [0.05, 0.1) is 25.9 Å². The Morgan fingerprint density at radius 3 is 3.24 bits per heavy atom. The van der Waals surface area contributed by atoms with Crippen LogP contribution in [-0.4, -0.2) is 53.3 Å². The zero-order valence-corrected chi connectivity index (χ0v) is 10.8. The van der Waals surface area contributed by atoms with Gasteiger partial charge in [0.1, 0.15) is 5.69 Å². The summed E-state index contributed by atoms with van der Waals surface area (Å²) in [6.07, 6.45) is 1.58. The van der Waals surface area contributed by atoms with E-state index >= 15 is 0 Å². The maximum Gasteiger partial charge on any atom is 0.274 e. The Morgan fingerprint density at radius 2 is 2.53 bits per heavy atom. The number of amides is 1. The smallest absolute Gasteiger partial charge is 0.274 e. The Kier molecular flexibility index (Phi) is 4.09. The normalized spacial score (nSPS) is 20.4. The zero-order chi connectivity index (χ0) is 12.3. The third kappa shape index (κ3) is 2.65. The molecule has 1 atom stereocenters. The highest BCUT2D eigenvalue weighted by Gasteiger charge is 2.29. The van der Waals surface area contributed by atoms with Crippen LogP contribution in [0.5, 0.6) is 0 Å². The fourth-order valence-electron chi connectivity index (χ4n) is 1.75. The first-order chi connectivity index (χ1) is 8.24. The lowest BCUT2D eigenvalue weighted by Crippen LogP contribution is -2.50. The molecule has 0 aromatic carbocycles. The number of ether oxygens (including phenoxy) is 1. The zero-order valence-electron chi connectivity index (χ0n) is 9.17. The number of nitrogens with zero attached hydrogens (tertiary/aromatic N) is 2. The summed E-state index contributed by atoms with van der Waals surface area (Å²) in [6.45, 7) is 1.24. The van der Waals surface area contributed by atoms with Crippen LogP contribution in [-0.2, 0) is 4.74 Å². The molecule has 1 unspecified atom stereocenters. The van der Waals surface area contributed by atoms with Crippen molar-refractivity contribution >= 4 is 21.8 Å². The summed E-state index contributed by atoms with van der Waals surface area (Å²) in [6, 6.07) is 3.24. The third-order valence-electron chi connectivity index (χ3n) is 2.66. The molecule has 1 amide bonds. The Bertz CT molecular complexity index is 413. The molecule has 2 heterocycles. The molecule has 0 radical (unpaired) electrons. The van der Waals surface area contributed by atoms with Crippen LogP contribution in [0.25, 0.3) is 0 Å². The van der Waals surface area contributed by atoms with E-state index in [2.05, 4.69) is 20.9 Å². The second-order valence-electron chi connectivity index (χ2n) is 3.74. The topological polar surface area (TPSA) is 62.7 Å². The number of aliphatic hydroxyl groups excluding tert-OH is 1. The molecular weight excluding hydrogens is 288 g/mol. The summed E-state index contributed by atoms with van der Waals surface area (Å²) in [4.78, 5) is 17.9. The van der Waals surface area contributed by atoms with Crippen LogP contribution in [0, 0.1) is 0 Å². The van der Waals surface area contributed by atoms with Gasteiger partial charge >= 0.3 is 0 Å². The predicted molar refractivity (Wildman–Crippen MR) is 64.7 cm³/mol. The van der Waals surface area contributed by atoms with Crippen molar-refractivity contribution in [3.8, 4) is 0 Å². The minimum absolute atomic E-state index is 0.101. The summed E-state index contributed by atoms with van der Waals surface area (Å²) in [5.74, 6) is -0.181. The van der Waals surface area contributed by atoms with Crippen molar-refractivity contribution in [2.45, 2.75) is 6.04 Å². The Morgan fingerprint density at radius 1 is 1.71 bits per heavy atom. The molecule has 1 saturated heterocycles. The summed E-state index contributed by atoms with van der Waals surface area (Å²) < 4.78 is 5.89. The predicted octanol–water partition coefficient (Wildman–Crippen LogP) is 0.677. The Balaban J connectivity index is 2.21. The Labute approximate surface area is 108 Å². The van der Waals surface area contributed by atoms with Crippen molar-refractivity contribution in [1.82, 2.24) is 9.88 Å². The van der Waals surface area contributed by atoms with E-state index in [-0.39, 0.29) is 18.6 Å². The van der Waals surface area contributed by atoms with Crippen LogP contribution in [0.1, 0.15) is 10.5 Å². The maximum atomic E-state index is 12.3. The highest BCUT2D eigenvalue weighted by Crippen LogP contribution is 2.18. The van der Waals surface area contributed by atoms with Gasteiger partial charge in [-0.15, -0.1) is 0 Å². The standard InChI is InChI=1S/C11H13BrN2O3/c12-9-2-1-3-13-10(9)11(16)14-4-5-17-7-8(14)6-15/h1-3,8,15H,4-7H2.